The van der Waals surface area contributed by atoms with Crippen molar-refractivity contribution in [1.29, 1.82) is 0 Å². The van der Waals surface area contributed by atoms with E-state index in [1.807, 2.05) is 6.07 Å². The number of aromatic amines is 1. The van der Waals surface area contributed by atoms with Crippen LogP contribution in [0.1, 0.15) is 23.3 Å². The van der Waals surface area contributed by atoms with Crippen LogP contribution < -0.4 is 10.6 Å². The largest absolute Gasteiger partial charge is 0.463 e. The molecule has 1 amide bonds. The molecule has 0 radical (unpaired) electrons. The van der Waals surface area contributed by atoms with Gasteiger partial charge in [0.05, 0.1) is 6.26 Å². The van der Waals surface area contributed by atoms with Crippen LogP contribution >= 0.6 is 0 Å². The van der Waals surface area contributed by atoms with Crippen LogP contribution in [-0.4, -0.2) is 35.2 Å². The normalized spacial score (nSPS) is 19.3. The van der Waals surface area contributed by atoms with E-state index in [1.54, 1.807) is 18.4 Å². The number of amides is 1. The molecule has 1 aliphatic rings. The lowest BCUT2D eigenvalue weighted by Gasteiger charge is -2.23. The Hall–Kier alpha value is -2.08. The molecular formula is C13H16N4O2. The first-order valence-electron chi connectivity index (χ1n) is 6.44. The van der Waals surface area contributed by atoms with Gasteiger partial charge in [-0.05, 0) is 31.5 Å². The Morgan fingerprint density at radius 2 is 2.47 bits per heavy atom. The van der Waals surface area contributed by atoms with E-state index in [1.165, 1.54) is 0 Å². The molecule has 0 bridgehead atoms. The van der Waals surface area contributed by atoms with Crippen molar-refractivity contribution in [3.05, 3.63) is 30.2 Å². The third kappa shape index (κ3) is 2.68. The molecule has 1 aliphatic heterocycles. The van der Waals surface area contributed by atoms with Crippen LogP contribution in [-0.2, 0) is 0 Å². The number of nitrogens with one attached hydrogen (secondary N) is 3. The molecule has 3 rings (SSSR count). The maximum atomic E-state index is 12.0. The highest BCUT2D eigenvalue weighted by Crippen LogP contribution is 2.17. The van der Waals surface area contributed by atoms with Gasteiger partial charge in [-0.15, -0.1) is 0 Å². The second-order valence-corrected chi connectivity index (χ2v) is 4.66. The number of hydrogen-bond donors (Lipinski definition) is 3. The Kier molecular flexibility index (Phi) is 3.33. The summed E-state index contributed by atoms with van der Waals surface area (Å²) >= 11 is 0. The fraction of sp³-hybridized carbons (Fsp3) is 0.385. The second kappa shape index (κ2) is 5.27. The Bertz CT molecular complexity index is 541. The molecule has 1 atom stereocenters. The van der Waals surface area contributed by atoms with Crippen LogP contribution in [0.3, 0.4) is 0 Å². The van der Waals surface area contributed by atoms with E-state index in [9.17, 15) is 4.79 Å². The van der Waals surface area contributed by atoms with Gasteiger partial charge in [0.2, 0.25) is 0 Å². The molecule has 6 heteroatoms. The predicted molar refractivity (Wildman–Crippen MR) is 69.6 cm³/mol. The van der Waals surface area contributed by atoms with E-state index >= 15 is 0 Å². The van der Waals surface area contributed by atoms with Gasteiger partial charge in [-0.1, -0.05) is 0 Å². The number of aromatic nitrogens is 2. The fourth-order valence-corrected chi connectivity index (χ4v) is 2.23. The fourth-order valence-electron chi connectivity index (χ4n) is 2.23. The van der Waals surface area contributed by atoms with Gasteiger partial charge < -0.3 is 15.1 Å². The van der Waals surface area contributed by atoms with Crippen molar-refractivity contribution < 1.29 is 9.21 Å². The molecular weight excluding hydrogens is 244 g/mol. The van der Waals surface area contributed by atoms with Gasteiger partial charge in [-0.3, -0.25) is 9.89 Å². The van der Waals surface area contributed by atoms with E-state index < -0.39 is 0 Å². The SMILES string of the molecule is O=C(NC1CCCNC1)c1cc(-c2ccco2)[nH]n1. The Labute approximate surface area is 110 Å². The summed E-state index contributed by atoms with van der Waals surface area (Å²) in [6.07, 6.45) is 3.68. The maximum Gasteiger partial charge on any atom is 0.272 e. The van der Waals surface area contributed by atoms with Crippen LogP contribution in [0.15, 0.2) is 28.9 Å². The van der Waals surface area contributed by atoms with Crippen molar-refractivity contribution in [2.24, 2.45) is 0 Å². The molecule has 2 aromatic heterocycles. The van der Waals surface area contributed by atoms with Gasteiger partial charge in [0.25, 0.3) is 5.91 Å². The smallest absolute Gasteiger partial charge is 0.272 e. The first-order chi connectivity index (χ1) is 9.33. The highest BCUT2D eigenvalue weighted by molar-refractivity contribution is 5.93. The minimum atomic E-state index is -0.150. The Morgan fingerprint density at radius 3 is 3.21 bits per heavy atom. The molecule has 2 aromatic rings. The lowest BCUT2D eigenvalue weighted by molar-refractivity contribution is 0.0925. The zero-order chi connectivity index (χ0) is 13.1. The van der Waals surface area contributed by atoms with E-state index in [2.05, 4.69) is 20.8 Å². The molecule has 6 nitrogen and oxygen atoms in total. The average Bonchev–Trinajstić information content (AvgIpc) is 3.11. The van der Waals surface area contributed by atoms with E-state index in [4.69, 9.17) is 4.42 Å². The third-order valence-electron chi connectivity index (χ3n) is 3.23. The summed E-state index contributed by atoms with van der Waals surface area (Å²) in [4.78, 5) is 12.0. The average molecular weight is 260 g/mol. The quantitative estimate of drug-likeness (QED) is 0.773. The molecule has 1 saturated heterocycles. The summed E-state index contributed by atoms with van der Waals surface area (Å²) in [5.74, 6) is 0.522. The third-order valence-corrected chi connectivity index (χ3v) is 3.23. The summed E-state index contributed by atoms with van der Waals surface area (Å²) < 4.78 is 5.25. The van der Waals surface area contributed by atoms with Crippen molar-refractivity contribution in [2.45, 2.75) is 18.9 Å². The Morgan fingerprint density at radius 1 is 1.53 bits per heavy atom. The highest BCUT2D eigenvalue weighted by Gasteiger charge is 2.18. The summed E-state index contributed by atoms with van der Waals surface area (Å²) in [5.41, 5.74) is 1.09. The first-order valence-corrected chi connectivity index (χ1v) is 6.44. The minimum Gasteiger partial charge on any atom is -0.463 e. The van der Waals surface area contributed by atoms with Crippen LogP contribution in [0, 0.1) is 0 Å². The molecule has 1 fully saturated rings. The van der Waals surface area contributed by atoms with Crippen molar-refractivity contribution in [1.82, 2.24) is 20.8 Å². The number of furan rings is 1. The number of carbonyl (C=O) groups is 1. The molecule has 19 heavy (non-hydrogen) atoms. The molecule has 0 saturated carbocycles. The van der Waals surface area contributed by atoms with Crippen molar-refractivity contribution >= 4 is 5.91 Å². The van der Waals surface area contributed by atoms with Crippen molar-refractivity contribution in [3.8, 4) is 11.5 Å². The Balaban J connectivity index is 1.67. The molecule has 3 N–H and O–H groups in total. The number of carbonyl (C=O) groups excluding carboxylic acids is 1. The summed E-state index contributed by atoms with van der Waals surface area (Å²) in [6.45, 7) is 1.85. The summed E-state index contributed by atoms with van der Waals surface area (Å²) in [5, 5.41) is 13.1. The van der Waals surface area contributed by atoms with Crippen LogP contribution in [0.25, 0.3) is 11.5 Å². The van der Waals surface area contributed by atoms with Crippen molar-refractivity contribution in [2.75, 3.05) is 13.1 Å². The number of H-pyrrole nitrogens is 1. The van der Waals surface area contributed by atoms with Gasteiger partial charge >= 0.3 is 0 Å². The van der Waals surface area contributed by atoms with Gasteiger partial charge in [-0.2, -0.15) is 5.10 Å². The van der Waals surface area contributed by atoms with E-state index in [-0.39, 0.29) is 11.9 Å². The van der Waals surface area contributed by atoms with E-state index in [0.717, 1.165) is 25.9 Å². The zero-order valence-electron chi connectivity index (χ0n) is 10.5. The van der Waals surface area contributed by atoms with Crippen LogP contribution in [0.5, 0.6) is 0 Å². The molecule has 0 aromatic carbocycles. The van der Waals surface area contributed by atoms with Gasteiger partial charge in [-0.25, -0.2) is 0 Å². The van der Waals surface area contributed by atoms with Crippen LogP contribution in [0.4, 0.5) is 0 Å². The predicted octanol–water partition coefficient (Wildman–Crippen LogP) is 1.15. The van der Waals surface area contributed by atoms with Gasteiger partial charge in [0.1, 0.15) is 5.69 Å². The first kappa shape index (κ1) is 12.0. The minimum absolute atomic E-state index is 0.150. The monoisotopic (exact) mass is 260 g/mol. The zero-order valence-corrected chi connectivity index (χ0v) is 10.5. The molecule has 0 spiro atoms. The summed E-state index contributed by atoms with van der Waals surface area (Å²) in [7, 11) is 0. The maximum absolute atomic E-state index is 12.0. The lowest BCUT2D eigenvalue weighted by Crippen LogP contribution is -2.45. The highest BCUT2D eigenvalue weighted by atomic mass is 16.3. The lowest BCUT2D eigenvalue weighted by atomic mass is 10.1. The molecule has 3 heterocycles. The molecule has 1 unspecified atom stereocenters. The standard InChI is InChI=1S/C13H16N4O2/c18-13(15-9-3-1-5-14-8-9)11-7-10(16-17-11)12-4-2-6-19-12/h2,4,6-7,9,14H,1,3,5,8H2,(H,15,18)(H,16,17). The molecule has 100 valence electrons. The number of rotatable bonds is 3. The molecule has 0 aliphatic carbocycles. The topological polar surface area (TPSA) is 83.0 Å². The van der Waals surface area contributed by atoms with Gasteiger partial charge in [0, 0.05) is 18.7 Å². The number of piperidine rings is 1. The van der Waals surface area contributed by atoms with Crippen LogP contribution in [0.2, 0.25) is 0 Å². The van der Waals surface area contributed by atoms with Gasteiger partial charge in [0.15, 0.2) is 11.5 Å². The number of nitrogens with zero attached hydrogens (tertiary/aromatic N) is 1. The van der Waals surface area contributed by atoms with E-state index in [0.29, 0.717) is 17.1 Å². The summed E-state index contributed by atoms with van der Waals surface area (Å²) in [6, 6.07) is 5.50. The second-order valence-electron chi connectivity index (χ2n) is 4.66. The number of hydrogen-bond acceptors (Lipinski definition) is 4. The van der Waals surface area contributed by atoms with Crippen molar-refractivity contribution in [3.63, 3.8) is 0 Å².